The Bertz CT molecular complexity index is 993. The number of terminal acetylenes is 1. The van der Waals surface area contributed by atoms with E-state index in [1.807, 2.05) is 24.3 Å². The van der Waals surface area contributed by atoms with Crippen LogP contribution in [-0.2, 0) is 14.9 Å². The highest BCUT2D eigenvalue weighted by molar-refractivity contribution is 5.98. The Kier molecular flexibility index (Phi) is 7.64. The molecule has 1 aliphatic rings. The summed E-state index contributed by atoms with van der Waals surface area (Å²) >= 11 is 0. The summed E-state index contributed by atoms with van der Waals surface area (Å²) in [6.45, 7) is 8.30. The Hall–Kier alpha value is -3.06. The van der Waals surface area contributed by atoms with Gasteiger partial charge in [0.05, 0.1) is 0 Å². The summed E-state index contributed by atoms with van der Waals surface area (Å²) in [5.74, 6) is 2.35. The second-order valence-electron chi connectivity index (χ2n) is 10.1. The molecule has 33 heavy (non-hydrogen) atoms. The van der Waals surface area contributed by atoms with Crippen LogP contribution in [0.4, 0.5) is 0 Å². The monoisotopic (exact) mass is 445 g/mol. The van der Waals surface area contributed by atoms with E-state index in [2.05, 4.69) is 44.1 Å². The van der Waals surface area contributed by atoms with Crippen molar-refractivity contribution < 1.29 is 14.3 Å². The van der Waals surface area contributed by atoms with Gasteiger partial charge in [-0.1, -0.05) is 75.7 Å². The number of ether oxygens (including phenoxy) is 1. The third-order valence-electron chi connectivity index (χ3n) is 7.09. The molecule has 0 heterocycles. The van der Waals surface area contributed by atoms with Gasteiger partial charge in [-0.15, -0.1) is 12.3 Å². The lowest BCUT2D eigenvalue weighted by atomic mass is 9.64. The van der Waals surface area contributed by atoms with Gasteiger partial charge >= 0.3 is 5.97 Å². The summed E-state index contributed by atoms with van der Waals surface area (Å²) in [6.07, 6.45) is 8.26. The molecule has 0 radical (unpaired) electrons. The highest BCUT2D eigenvalue weighted by Crippen LogP contribution is 2.44. The van der Waals surface area contributed by atoms with Crippen LogP contribution in [0.2, 0.25) is 0 Å². The van der Waals surface area contributed by atoms with Crippen molar-refractivity contribution in [1.82, 2.24) is 5.32 Å². The molecule has 4 atom stereocenters. The first-order chi connectivity index (χ1) is 15.7. The summed E-state index contributed by atoms with van der Waals surface area (Å²) in [5, 5.41) is 2.84. The van der Waals surface area contributed by atoms with Gasteiger partial charge in [-0.05, 0) is 48.8 Å². The number of amides is 1. The minimum absolute atomic E-state index is 0.0550. The van der Waals surface area contributed by atoms with E-state index >= 15 is 0 Å². The van der Waals surface area contributed by atoms with E-state index in [4.69, 9.17) is 11.2 Å². The number of benzene rings is 2. The van der Waals surface area contributed by atoms with E-state index in [1.165, 1.54) is 5.56 Å². The molecule has 4 heteroatoms. The summed E-state index contributed by atoms with van der Waals surface area (Å²) < 4.78 is 6.19. The molecule has 1 saturated carbocycles. The minimum atomic E-state index is -1.30. The summed E-state index contributed by atoms with van der Waals surface area (Å²) in [5.41, 5.74) is 0.240. The maximum Gasteiger partial charge on any atom is 0.332 e. The van der Waals surface area contributed by atoms with Crippen LogP contribution in [0.5, 0.6) is 0 Å². The van der Waals surface area contributed by atoms with Crippen LogP contribution in [0, 0.1) is 24.2 Å². The SMILES string of the molecule is C#CC[C@](C)(NC(=O)c1ccccc1)C(=O)O[C@@H]1C[C@H](C)CC[C@H]1C(C)(C)c1ccccc1. The van der Waals surface area contributed by atoms with Crippen LogP contribution < -0.4 is 5.32 Å². The predicted octanol–water partition coefficient (Wildman–Crippen LogP) is 5.52. The Labute approximate surface area is 198 Å². The molecule has 1 fully saturated rings. The molecule has 0 spiro atoms. The van der Waals surface area contributed by atoms with E-state index < -0.39 is 11.5 Å². The number of hydrogen-bond acceptors (Lipinski definition) is 3. The van der Waals surface area contributed by atoms with Crippen LogP contribution in [0.1, 0.15) is 69.3 Å². The van der Waals surface area contributed by atoms with Gasteiger partial charge in [-0.25, -0.2) is 4.79 Å². The highest BCUT2D eigenvalue weighted by Gasteiger charge is 2.45. The third-order valence-corrected chi connectivity index (χ3v) is 7.09. The molecule has 1 N–H and O–H groups in total. The van der Waals surface area contributed by atoms with Gasteiger partial charge in [-0.3, -0.25) is 4.79 Å². The molecule has 0 aliphatic heterocycles. The van der Waals surface area contributed by atoms with Crippen molar-refractivity contribution in [2.24, 2.45) is 11.8 Å². The van der Waals surface area contributed by atoms with Gasteiger partial charge in [0.2, 0.25) is 0 Å². The second kappa shape index (κ2) is 10.3. The van der Waals surface area contributed by atoms with Gasteiger partial charge in [0.1, 0.15) is 11.6 Å². The lowest BCUT2D eigenvalue weighted by molar-refractivity contribution is -0.163. The van der Waals surface area contributed by atoms with E-state index in [0.717, 1.165) is 19.3 Å². The predicted molar refractivity (Wildman–Crippen MR) is 132 cm³/mol. The molecule has 2 aromatic rings. The Morgan fingerprint density at radius 2 is 1.64 bits per heavy atom. The summed E-state index contributed by atoms with van der Waals surface area (Å²) in [6, 6.07) is 19.2. The van der Waals surface area contributed by atoms with E-state index in [0.29, 0.717) is 11.5 Å². The van der Waals surface area contributed by atoms with Crippen LogP contribution in [0.3, 0.4) is 0 Å². The first-order valence-corrected chi connectivity index (χ1v) is 11.7. The molecular weight excluding hydrogens is 410 g/mol. The average Bonchev–Trinajstić information content (AvgIpc) is 2.80. The summed E-state index contributed by atoms with van der Waals surface area (Å²) in [4.78, 5) is 26.3. The first kappa shape index (κ1) is 24.6. The van der Waals surface area contributed by atoms with Gasteiger partial charge < -0.3 is 10.1 Å². The number of carbonyl (C=O) groups is 2. The number of hydrogen-bond donors (Lipinski definition) is 1. The zero-order valence-electron chi connectivity index (χ0n) is 20.1. The Morgan fingerprint density at radius 1 is 1.03 bits per heavy atom. The lowest BCUT2D eigenvalue weighted by Crippen LogP contribution is -2.55. The lowest BCUT2D eigenvalue weighted by Gasteiger charge is -2.44. The normalized spacial score (nSPS) is 22.5. The van der Waals surface area contributed by atoms with Crippen molar-refractivity contribution in [3.05, 3.63) is 71.8 Å². The molecule has 174 valence electrons. The summed E-state index contributed by atoms with van der Waals surface area (Å²) in [7, 11) is 0. The third kappa shape index (κ3) is 5.66. The average molecular weight is 446 g/mol. The van der Waals surface area contributed by atoms with Gasteiger partial charge in [0, 0.05) is 17.9 Å². The Balaban J connectivity index is 1.83. The van der Waals surface area contributed by atoms with Gasteiger partial charge in [0.15, 0.2) is 0 Å². The van der Waals surface area contributed by atoms with E-state index in [9.17, 15) is 9.59 Å². The number of carbonyl (C=O) groups excluding carboxylic acids is 2. The van der Waals surface area contributed by atoms with Gasteiger partial charge in [0.25, 0.3) is 5.91 Å². The highest BCUT2D eigenvalue weighted by atomic mass is 16.5. The fourth-order valence-electron chi connectivity index (χ4n) is 4.92. The largest absolute Gasteiger partial charge is 0.460 e. The van der Waals surface area contributed by atoms with Crippen LogP contribution in [-0.4, -0.2) is 23.5 Å². The molecular formula is C29H35NO3. The second-order valence-corrected chi connectivity index (χ2v) is 10.1. The fraction of sp³-hybridized carbons (Fsp3) is 0.448. The zero-order chi connectivity index (χ0) is 24.1. The van der Waals surface area contributed by atoms with Crippen LogP contribution >= 0.6 is 0 Å². The first-order valence-electron chi connectivity index (χ1n) is 11.7. The topological polar surface area (TPSA) is 55.4 Å². The number of nitrogens with one attached hydrogen (secondary N) is 1. The molecule has 0 saturated heterocycles. The standard InChI is InChI=1S/C29H35NO3/c1-6-19-29(5,30-26(31)22-13-9-7-10-14-22)27(32)33-25-20-21(2)17-18-24(25)28(3,4)23-15-11-8-12-16-23/h1,7-16,21,24-25H,17-20H2,2-5H3,(H,30,31)/t21-,24-,25-,29+/m1/s1. The maximum absolute atomic E-state index is 13.5. The molecule has 0 aromatic heterocycles. The quantitative estimate of drug-likeness (QED) is 0.451. The fourth-order valence-corrected chi connectivity index (χ4v) is 4.92. The molecule has 0 unspecified atom stereocenters. The van der Waals surface area contributed by atoms with E-state index in [-0.39, 0.29) is 29.8 Å². The van der Waals surface area contributed by atoms with E-state index in [1.54, 1.807) is 31.2 Å². The minimum Gasteiger partial charge on any atom is -0.460 e. The van der Waals surface area contributed by atoms with Crippen molar-refractivity contribution >= 4 is 11.9 Å². The van der Waals surface area contributed by atoms with Crippen LogP contribution in [0.25, 0.3) is 0 Å². The molecule has 1 aliphatic carbocycles. The number of rotatable bonds is 7. The van der Waals surface area contributed by atoms with Crippen molar-refractivity contribution in [2.75, 3.05) is 0 Å². The molecule has 4 nitrogen and oxygen atoms in total. The van der Waals surface area contributed by atoms with Crippen LogP contribution in [0.15, 0.2) is 60.7 Å². The van der Waals surface area contributed by atoms with Crippen molar-refractivity contribution in [3.63, 3.8) is 0 Å². The molecule has 1 amide bonds. The van der Waals surface area contributed by atoms with Gasteiger partial charge in [-0.2, -0.15) is 0 Å². The molecule has 2 aromatic carbocycles. The Morgan fingerprint density at radius 3 is 2.24 bits per heavy atom. The molecule has 0 bridgehead atoms. The maximum atomic E-state index is 13.5. The number of esters is 1. The van der Waals surface area contributed by atoms with Crippen molar-refractivity contribution in [1.29, 1.82) is 0 Å². The zero-order valence-corrected chi connectivity index (χ0v) is 20.1. The smallest absolute Gasteiger partial charge is 0.332 e. The van der Waals surface area contributed by atoms with Crippen molar-refractivity contribution in [2.45, 2.75) is 70.4 Å². The van der Waals surface area contributed by atoms with Crippen molar-refractivity contribution in [3.8, 4) is 12.3 Å². The molecule has 3 rings (SSSR count).